The molecule has 1 saturated heterocycles. The molecule has 0 spiro atoms. The average Bonchev–Trinajstić information content (AvgIpc) is 3.35. The predicted molar refractivity (Wildman–Crippen MR) is 135 cm³/mol. The minimum Gasteiger partial charge on any atom is -0.455 e. The van der Waals surface area contributed by atoms with Gasteiger partial charge in [0.1, 0.15) is 12.3 Å². The molecule has 1 fully saturated rings. The molecule has 0 radical (unpaired) electrons. The maximum Gasteiger partial charge on any atom is 0.338 e. The van der Waals surface area contributed by atoms with Crippen molar-refractivity contribution in [2.45, 2.75) is 63.8 Å². The summed E-state index contributed by atoms with van der Waals surface area (Å²) >= 11 is 6.14. The fourth-order valence-corrected chi connectivity index (χ4v) is 4.79. The van der Waals surface area contributed by atoms with Crippen molar-refractivity contribution in [2.24, 2.45) is 0 Å². The molecule has 7 nitrogen and oxygen atoms in total. The van der Waals surface area contributed by atoms with Crippen LogP contribution in [0.25, 0.3) is 0 Å². The molecular formula is C27H33ClN4O3. The number of rotatable bonds is 10. The van der Waals surface area contributed by atoms with Gasteiger partial charge in [-0.25, -0.2) is 9.48 Å². The second-order valence-corrected chi connectivity index (χ2v) is 9.56. The molecule has 1 aromatic heterocycles. The Balaban J connectivity index is 1.44. The fourth-order valence-electron chi connectivity index (χ4n) is 4.67. The smallest absolute Gasteiger partial charge is 0.338 e. The van der Waals surface area contributed by atoms with Gasteiger partial charge in [0.05, 0.1) is 23.9 Å². The Kier molecular flexibility index (Phi) is 8.90. The summed E-state index contributed by atoms with van der Waals surface area (Å²) in [6.45, 7) is 3.73. The number of hydrogen-bond donors (Lipinski definition) is 1. The number of aliphatic hydroxyl groups excluding tert-OH is 1. The maximum atomic E-state index is 12.2. The zero-order valence-electron chi connectivity index (χ0n) is 20.1. The Labute approximate surface area is 211 Å². The van der Waals surface area contributed by atoms with Crippen LogP contribution in [0, 0.1) is 0 Å². The molecule has 3 aromatic rings. The first kappa shape index (κ1) is 25.4. The van der Waals surface area contributed by atoms with E-state index in [0.29, 0.717) is 29.2 Å². The first-order valence-corrected chi connectivity index (χ1v) is 12.7. The zero-order chi connectivity index (χ0) is 24.6. The fraction of sp³-hybridized carbons (Fsp3) is 0.444. The summed E-state index contributed by atoms with van der Waals surface area (Å²) in [4.78, 5) is 14.6. The van der Waals surface area contributed by atoms with E-state index >= 15 is 0 Å². The van der Waals surface area contributed by atoms with Gasteiger partial charge in [-0.15, -0.1) is 5.10 Å². The van der Waals surface area contributed by atoms with Crippen LogP contribution in [0.4, 0.5) is 0 Å². The van der Waals surface area contributed by atoms with Crippen LogP contribution in [0.1, 0.15) is 72.7 Å². The molecule has 3 atom stereocenters. The number of unbranched alkanes of at least 4 members (excludes halogenated alkanes) is 3. The molecule has 0 unspecified atom stereocenters. The summed E-state index contributed by atoms with van der Waals surface area (Å²) < 4.78 is 7.10. The quantitative estimate of drug-likeness (QED) is 0.306. The van der Waals surface area contributed by atoms with Crippen LogP contribution in [0.3, 0.4) is 0 Å². The first-order valence-electron chi connectivity index (χ1n) is 12.4. The number of halogens is 1. The molecule has 0 amide bonds. The second-order valence-electron chi connectivity index (χ2n) is 9.13. The summed E-state index contributed by atoms with van der Waals surface area (Å²) in [5.41, 5.74) is 2.22. The van der Waals surface area contributed by atoms with Crippen molar-refractivity contribution in [1.29, 1.82) is 0 Å². The van der Waals surface area contributed by atoms with Crippen LogP contribution in [-0.4, -0.2) is 50.2 Å². The Bertz CT molecular complexity index is 1070. The van der Waals surface area contributed by atoms with E-state index in [1.807, 2.05) is 18.2 Å². The number of likely N-dealkylation sites (tertiary alicyclic amines) is 1. The highest BCUT2D eigenvalue weighted by atomic mass is 35.5. The number of aromatic nitrogens is 3. The molecule has 186 valence electrons. The molecule has 8 heteroatoms. The van der Waals surface area contributed by atoms with Gasteiger partial charge in [0.2, 0.25) is 0 Å². The van der Waals surface area contributed by atoms with E-state index in [4.69, 9.17) is 16.3 Å². The molecule has 4 rings (SSSR count). The second kappa shape index (κ2) is 12.3. The number of piperidine rings is 1. The highest BCUT2D eigenvalue weighted by molar-refractivity contribution is 6.30. The first-order chi connectivity index (χ1) is 17.0. The van der Waals surface area contributed by atoms with Gasteiger partial charge in [-0.05, 0) is 49.2 Å². The van der Waals surface area contributed by atoms with E-state index < -0.39 is 12.1 Å². The van der Waals surface area contributed by atoms with Gasteiger partial charge in [0, 0.05) is 17.6 Å². The Morgan fingerprint density at radius 1 is 1.11 bits per heavy atom. The van der Waals surface area contributed by atoms with Crippen molar-refractivity contribution in [3.05, 3.63) is 82.6 Å². The molecule has 1 aliphatic heterocycles. The largest absolute Gasteiger partial charge is 0.455 e. The number of esters is 1. The van der Waals surface area contributed by atoms with E-state index in [1.165, 1.54) is 24.8 Å². The molecule has 0 saturated carbocycles. The Morgan fingerprint density at radius 2 is 1.89 bits per heavy atom. The predicted octanol–water partition coefficient (Wildman–Crippen LogP) is 5.22. The van der Waals surface area contributed by atoms with E-state index in [9.17, 15) is 9.90 Å². The van der Waals surface area contributed by atoms with Gasteiger partial charge >= 0.3 is 5.97 Å². The minimum atomic E-state index is -0.578. The van der Waals surface area contributed by atoms with Gasteiger partial charge in [0.25, 0.3) is 0 Å². The van der Waals surface area contributed by atoms with Crippen molar-refractivity contribution in [3.63, 3.8) is 0 Å². The van der Waals surface area contributed by atoms with Crippen LogP contribution in [0.15, 0.2) is 60.8 Å². The molecular weight excluding hydrogens is 464 g/mol. The monoisotopic (exact) mass is 496 g/mol. The maximum absolute atomic E-state index is 12.2. The van der Waals surface area contributed by atoms with Crippen LogP contribution < -0.4 is 0 Å². The van der Waals surface area contributed by atoms with Crippen molar-refractivity contribution < 1.29 is 14.6 Å². The lowest BCUT2D eigenvalue weighted by Crippen LogP contribution is -2.46. The molecule has 1 N–H and O–H groups in total. The van der Waals surface area contributed by atoms with Gasteiger partial charge < -0.3 is 9.84 Å². The lowest BCUT2D eigenvalue weighted by molar-refractivity contribution is -0.0102. The van der Waals surface area contributed by atoms with Crippen molar-refractivity contribution in [2.75, 3.05) is 13.1 Å². The lowest BCUT2D eigenvalue weighted by Gasteiger charge is -2.42. The van der Waals surface area contributed by atoms with Gasteiger partial charge in [-0.1, -0.05) is 73.3 Å². The molecule has 2 heterocycles. The summed E-state index contributed by atoms with van der Waals surface area (Å²) in [6.07, 6.45) is 6.60. The highest BCUT2D eigenvalue weighted by Gasteiger charge is 2.36. The molecule has 2 aromatic carbocycles. The molecule has 1 aliphatic rings. The SMILES string of the molecule is CCCCCCN1C[C@H](O)[C@@H](n2cc(COC(=O)c3ccccc3)nn2)C[C@@H]1c1ccc(Cl)cc1. The third kappa shape index (κ3) is 6.69. The summed E-state index contributed by atoms with van der Waals surface area (Å²) in [5.74, 6) is -0.403. The van der Waals surface area contributed by atoms with Gasteiger partial charge in [-0.2, -0.15) is 0 Å². The van der Waals surface area contributed by atoms with Crippen LogP contribution in [0.2, 0.25) is 5.02 Å². The van der Waals surface area contributed by atoms with Crippen molar-refractivity contribution in [3.8, 4) is 0 Å². The Morgan fingerprint density at radius 3 is 2.63 bits per heavy atom. The number of β-amino-alcohol motifs (C(OH)–C–C–N with tert-alkyl or cyclic N) is 1. The number of ether oxygens (including phenoxy) is 1. The third-order valence-electron chi connectivity index (χ3n) is 6.58. The number of aliphatic hydroxyl groups is 1. The number of carbonyl (C=O) groups is 1. The summed E-state index contributed by atoms with van der Waals surface area (Å²) in [7, 11) is 0. The lowest BCUT2D eigenvalue weighted by atomic mass is 9.89. The van der Waals surface area contributed by atoms with Crippen LogP contribution >= 0.6 is 11.6 Å². The van der Waals surface area contributed by atoms with Crippen molar-refractivity contribution >= 4 is 17.6 Å². The zero-order valence-corrected chi connectivity index (χ0v) is 20.8. The van der Waals surface area contributed by atoms with E-state index in [1.54, 1.807) is 35.1 Å². The minimum absolute atomic E-state index is 0.0285. The molecule has 35 heavy (non-hydrogen) atoms. The Hall–Kier alpha value is -2.74. The van der Waals surface area contributed by atoms with Gasteiger partial charge in [-0.3, -0.25) is 4.90 Å². The van der Waals surface area contributed by atoms with E-state index in [0.717, 1.165) is 13.0 Å². The number of benzene rings is 2. The van der Waals surface area contributed by atoms with Gasteiger partial charge in [0.15, 0.2) is 0 Å². The summed E-state index contributed by atoms with van der Waals surface area (Å²) in [6, 6.07) is 16.7. The topological polar surface area (TPSA) is 80.5 Å². The highest BCUT2D eigenvalue weighted by Crippen LogP contribution is 2.37. The number of nitrogens with zero attached hydrogens (tertiary/aromatic N) is 4. The van der Waals surface area contributed by atoms with Crippen LogP contribution in [0.5, 0.6) is 0 Å². The normalized spacial score (nSPS) is 20.6. The average molecular weight is 497 g/mol. The molecule has 0 aliphatic carbocycles. The standard InChI is InChI=1S/C27H33ClN4O3/c1-2-3-4-8-15-31-18-26(33)25(16-24(31)20-11-13-22(28)14-12-20)32-17-23(29-30-32)19-35-27(34)21-9-6-5-7-10-21/h5-7,9-14,17,24-26,33H,2-4,8,15-16,18-19H2,1H3/t24-,25+,26+/m1/s1. The number of carbonyl (C=O) groups excluding carboxylic acids is 1. The van der Waals surface area contributed by atoms with E-state index in [2.05, 4.69) is 34.3 Å². The van der Waals surface area contributed by atoms with Crippen molar-refractivity contribution in [1.82, 2.24) is 19.9 Å². The number of hydrogen-bond acceptors (Lipinski definition) is 6. The third-order valence-corrected chi connectivity index (χ3v) is 6.84. The molecule has 0 bridgehead atoms. The summed E-state index contributed by atoms with van der Waals surface area (Å²) in [5, 5.41) is 20.2. The van der Waals surface area contributed by atoms with E-state index in [-0.39, 0.29) is 18.7 Å². The van der Waals surface area contributed by atoms with Crippen LogP contribution in [-0.2, 0) is 11.3 Å².